The highest BCUT2D eigenvalue weighted by atomic mass is 16.5. The van der Waals surface area contributed by atoms with Gasteiger partial charge in [0.25, 0.3) is 0 Å². The van der Waals surface area contributed by atoms with Crippen LogP contribution in [0.5, 0.6) is 0 Å². The molecule has 0 atom stereocenters. The summed E-state index contributed by atoms with van der Waals surface area (Å²) < 4.78 is 4.30. The summed E-state index contributed by atoms with van der Waals surface area (Å²) in [6, 6.07) is 17.9. The molecule has 2 aromatic rings. The molecule has 0 saturated carbocycles. The van der Waals surface area contributed by atoms with E-state index in [1.54, 1.807) is 36.4 Å². The van der Waals surface area contributed by atoms with Crippen molar-refractivity contribution < 1.29 is 29.0 Å². The average molecular weight is 342 g/mol. The van der Waals surface area contributed by atoms with Crippen molar-refractivity contribution in [3.05, 3.63) is 71.8 Å². The van der Waals surface area contributed by atoms with Gasteiger partial charge in [0, 0.05) is 12.8 Å². The van der Waals surface area contributed by atoms with Crippen LogP contribution in [0.25, 0.3) is 0 Å². The number of aliphatic carboxylic acids is 1. The van der Waals surface area contributed by atoms with Gasteiger partial charge in [-0.25, -0.2) is 9.59 Å². The second-order valence-electron chi connectivity index (χ2n) is 4.97. The van der Waals surface area contributed by atoms with Gasteiger partial charge in [-0.05, 0) is 11.1 Å². The van der Waals surface area contributed by atoms with Crippen LogP contribution in [0.15, 0.2) is 60.7 Å². The highest BCUT2D eigenvalue weighted by molar-refractivity contribution is 6.34. The van der Waals surface area contributed by atoms with E-state index in [-0.39, 0.29) is 12.8 Å². The first-order chi connectivity index (χ1) is 11.9. The van der Waals surface area contributed by atoms with Gasteiger partial charge in [0.1, 0.15) is 0 Å². The number of esters is 1. The predicted octanol–water partition coefficient (Wildman–Crippen LogP) is 1.85. The Bertz CT molecular complexity index is 722. The van der Waals surface area contributed by atoms with Gasteiger partial charge in [0.2, 0.25) is 11.6 Å². The van der Waals surface area contributed by atoms with Gasteiger partial charge in [0.15, 0.2) is 0 Å². The van der Waals surface area contributed by atoms with Crippen LogP contribution in [-0.4, -0.2) is 35.7 Å². The molecule has 0 radical (unpaired) electrons. The summed E-state index contributed by atoms with van der Waals surface area (Å²) in [7, 11) is 1.20. The third-order valence-electron chi connectivity index (χ3n) is 3.07. The van der Waals surface area contributed by atoms with E-state index < -0.39 is 23.5 Å². The largest absolute Gasteiger partial charge is 0.475 e. The van der Waals surface area contributed by atoms with E-state index >= 15 is 0 Å². The van der Waals surface area contributed by atoms with Gasteiger partial charge in [0.05, 0.1) is 7.11 Å². The fourth-order valence-corrected chi connectivity index (χ4v) is 1.82. The Morgan fingerprint density at radius 3 is 1.52 bits per heavy atom. The maximum atomic E-state index is 11.1. The van der Waals surface area contributed by atoms with Gasteiger partial charge < -0.3 is 9.84 Å². The second kappa shape index (κ2) is 10.5. The van der Waals surface area contributed by atoms with Crippen LogP contribution < -0.4 is 0 Å². The first-order valence-electron chi connectivity index (χ1n) is 7.39. The summed E-state index contributed by atoms with van der Waals surface area (Å²) in [5.74, 6) is -3.46. The fraction of sp³-hybridized carbons (Fsp3) is 0.158. The summed E-state index contributed by atoms with van der Waals surface area (Å²) in [6.07, 6.45) is 0.0731. The molecule has 0 amide bonds. The number of carbonyl (C=O) groups is 4. The number of carboxylic acids is 1. The third-order valence-corrected chi connectivity index (χ3v) is 3.07. The van der Waals surface area contributed by atoms with Crippen LogP contribution >= 0.6 is 0 Å². The highest BCUT2D eigenvalue weighted by Gasteiger charge is 2.13. The van der Waals surface area contributed by atoms with E-state index in [0.717, 1.165) is 11.1 Å². The lowest BCUT2D eigenvalue weighted by Gasteiger charge is -1.98. The molecule has 0 fully saturated rings. The summed E-state index contributed by atoms with van der Waals surface area (Å²) in [4.78, 5) is 42.7. The van der Waals surface area contributed by atoms with Gasteiger partial charge in [-0.2, -0.15) is 0 Å². The molecule has 0 bridgehead atoms. The lowest BCUT2D eigenvalue weighted by Crippen LogP contribution is -2.17. The van der Waals surface area contributed by atoms with E-state index in [0.29, 0.717) is 0 Å². The fourth-order valence-electron chi connectivity index (χ4n) is 1.82. The highest BCUT2D eigenvalue weighted by Crippen LogP contribution is 2.01. The number of ketones is 2. The molecule has 130 valence electrons. The van der Waals surface area contributed by atoms with Gasteiger partial charge in [-0.15, -0.1) is 0 Å². The molecule has 25 heavy (non-hydrogen) atoms. The number of hydrogen-bond acceptors (Lipinski definition) is 5. The maximum Gasteiger partial charge on any atom is 0.374 e. The summed E-state index contributed by atoms with van der Waals surface area (Å²) in [5, 5.41) is 8.29. The molecule has 0 aliphatic rings. The van der Waals surface area contributed by atoms with Crippen LogP contribution in [0.3, 0.4) is 0 Å². The van der Waals surface area contributed by atoms with Crippen LogP contribution in [0.1, 0.15) is 11.1 Å². The van der Waals surface area contributed by atoms with Crippen LogP contribution in [0.4, 0.5) is 0 Å². The van der Waals surface area contributed by atoms with E-state index in [1.165, 1.54) is 7.11 Å². The molecule has 2 rings (SSSR count). The molecule has 1 N–H and O–H groups in total. The molecule has 2 aromatic carbocycles. The molecular formula is C19H18O6. The number of ether oxygens (including phenoxy) is 1. The summed E-state index contributed by atoms with van der Waals surface area (Å²) in [5.41, 5.74) is 1.54. The average Bonchev–Trinajstić information content (AvgIpc) is 2.63. The first-order valence-corrected chi connectivity index (χ1v) is 7.39. The molecule has 0 aliphatic carbocycles. The van der Waals surface area contributed by atoms with E-state index in [2.05, 4.69) is 4.74 Å². The molecule has 0 aliphatic heterocycles. The van der Waals surface area contributed by atoms with Crippen molar-refractivity contribution in [2.75, 3.05) is 7.11 Å². The Kier molecular flexibility index (Phi) is 8.29. The van der Waals surface area contributed by atoms with Crippen molar-refractivity contribution in [1.29, 1.82) is 0 Å². The molecule has 0 saturated heterocycles. The van der Waals surface area contributed by atoms with Crippen molar-refractivity contribution in [3.63, 3.8) is 0 Å². The summed E-state index contributed by atoms with van der Waals surface area (Å²) >= 11 is 0. The molecule has 0 spiro atoms. The third kappa shape index (κ3) is 7.69. The number of methoxy groups -OCH3 is 1. The Labute approximate surface area is 145 Å². The lowest BCUT2D eigenvalue weighted by molar-refractivity contribution is -0.151. The standard InChI is InChI=1S/C10H10O3.C9H8O3/c1-13-10(12)9(11)7-8-5-3-2-4-6-8;10-8(9(11)12)6-7-4-2-1-3-5-7/h2-6H,7H2,1H3;1-5H,6H2,(H,11,12). The van der Waals surface area contributed by atoms with Crippen LogP contribution in [0.2, 0.25) is 0 Å². The molecular weight excluding hydrogens is 324 g/mol. The van der Waals surface area contributed by atoms with Crippen molar-refractivity contribution in [1.82, 2.24) is 0 Å². The maximum absolute atomic E-state index is 11.1. The lowest BCUT2D eigenvalue weighted by atomic mass is 10.1. The zero-order valence-corrected chi connectivity index (χ0v) is 13.7. The smallest absolute Gasteiger partial charge is 0.374 e. The Morgan fingerprint density at radius 1 is 0.760 bits per heavy atom. The van der Waals surface area contributed by atoms with E-state index in [1.807, 2.05) is 24.3 Å². The molecule has 0 aromatic heterocycles. The van der Waals surface area contributed by atoms with Gasteiger partial charge in [-0.3, -0.25) is 9.59 Å². The minimum atomic E-state index is -1.38. The molecule has 0 heterocycles. The normalized spacial score (nSPS) is 9.32. The number of Topliss-reactive ketones (excluding diaryl/α,β-unsaturated/α-hetero) is 2. The van der Waals surface area contributed by atoms with Crippen LogP contribution in [0, 0.1) is 0 Å². The SMILES string of the molecule is COC(=O)C(=O)Cc1ccccc1.O=C(O)C(=O)Cc1ccccc1. The molecule has 0 unspecified atom stereocenters. The zero-order valence-electron chi connectivity index (χ0n) is 13.7. The van der Waals surface area contributed by atoms with Gasteiger partial charge >= 0.3 is 11.9 Å². The Hall–Kier alpha value is -3.28. The van der Waals surface area contributed by atoms with Crippen molar-refractivity contribution in [2.45, 2.75) is 12.8 Å². The van der Waals surface area contributed by atoms with Crippen LogP contribution in [-0.2, 0) is 36.8 Å². The van der Waals surface area contributed by atoms with E-state index in [9.17, 15) is 19.2 Å². The number of hydrogen-bond donors (Lipinski definition) is 1. The number of rotatable bonds is 6. The topological polar surface area (TPSA) is 97.7 Å². The zero-order chi connectivity index (χ0) is 18.7. The quantitative estimate of drug-likeness (QED) is 0.635. The Balaban J connectivity index is 0.000000251. The van der Waals surface area contributed by atoms with Crippen molar-refractivity contribution in [2.24, 2.45) is 0 Å². The minimum Gasteiger partial charge on any atom is -0.475 e. The number of benzene rings is 2. The van der Waals surface area contributed by atoms with Crippen molar-refractivity contribution in [3.8, 4) is 0 Å². The number of carboxylic acid groups (broad SMARTS) is 1. The molecule has 6 heteroatoms. The molecule has 6 nitrogen and oxygen atoms in total. The second-order valence-corrected chi connectivity index (χ2v) is 4.97. The Morgan fingerprint density at radius 2 is 1.16 bits per heavy atom. The predicted molar refractivity (Wildman–Crippen MR) is 90.0 cm³/mol. The monoisotopic (exact) mass is 342 g/mol. The van der Waals surface area contributed by atoms with Gasteiger partial charge in [-0.1, -0.05) is 60.7 Å². The minimum absolute atomic E-state index is 0.0316. The van der Waals surface area contributed by atoms with E-state index in [4.69, 9.17) is 5.11 Å². The first kappa shape index (κ1) is 19.8. The van der Waals surface area contributed by atoms with Crippen molar-refractivity contribution >= 4 is 23.5 Å². The summed E-state index contributed by atoms with van der Waals surface area (Å²) in [6.45, 7) is 0. The number of carbonyl (C=O) groups excluding carboxylic acids is 3.